The van der Waals surface area contributed by atoms with Crippen LogP contribution in [0.25, 0.3) is 5.69 Å². The number of halogens is 1. The standard InChI is InChI=1S/C21H27FN6OS/c1-21(2,3)19-23-18(29-26-19)14-30-20-25-24-17(13-27-11-5-4-6-12-27)28(20)16-9-7-15(22)8-10-16/h7-10H,4-6,11-14H2,1-3H3. The van der Waals surface area contributed by atoms with E-state index in [4.69, 9.17) is 4.52 Å². The molecule has 30 heavy (non-hydrogen) atoms. The second-order valence-electron chi connectivity index (χ2n) is 8.60. The first kappa shape index (κ1) is 21.0. The second kappa shape index (κ2) is 8.85. The van der Waals surface area contributed by atoms with Gasteiger partial charge in [-0.25, -0.2) is 4.39 Å². The van der Waals surface area contributed by atoms with Gasteiger partial charge in [0.15, 0.2) is 16.8 Å². The Morgan fingerprint density at radius 3 is 2.47 bits per heavy atom. The van der Waals surface area contributed by atoms with E-state index < -0.39 is 0 Å². The Kier molecular flexibility index (Phi) is 6.19. The van der Waals surface area contributed by atoms with Crippen LogP contribution >= 0.6 is 11.8 Å². The first-order chi connectivity index (χ1) is 14.4. The van der Waals surface area contributed by atoms with Crippen molar-refractivity contribution >= 4 is 11.8 Å². The Hall–Kier alpha value is -2.26. The number of rotatable bonds is 6. The monoisotopic (exact) mass is 430 g/mol. The zero-order chi connectivity index (χ0) is 21.1. The van der Waals surface area contributed by atoms with Gasteiger partial charge in [0, 0.05) is 11.1 Å². The highest BCUT2D eigenvalue weighted by atomic mass is 32.2. The van der Waals surface area contributed by atoms with Crippen molar-refractivity contribution in [2.24, 2.45) is 0 Å². The molecule has 2 aromatic heterocycles. The summed E-state index contributed by atoms with van der Waals surface area (Å²) in [5.74, 6) is 2.32. The molecule has 1 fully saturated rings. The average Bonchev–Trinajstić information content (AvgIpc) is 3.35. The van der Waals surface area contributed by atoms with Crippen LogP contribution in [0.15, 0.2) is 33.9 Å². The van der Waals surface area contributed by atoms with Crippen molar-refractivity contribution in [2.75, 3.05) is 13.1 Å². The zero-order valence-electron chi connectivity index (χ0n) is 17.6. The highest BCUT2D eigenvalue weighted by Gasteiger charge is 2.22. The number of hydrogen-bond acceptors (Lipinski definition) is 7. The van der Waals surface area contributed by atoms with Crippen molar-refractivity contribution < 1.29 is 8.91 Å². The minimum atomic E-state index is -0.265. The predicted molar refractivity (Wildman–Crippen MR) is 113 cm³/mol. The lowest BCUT2D eigenvalue weighted by molar-refractivity contribution is 0.214. The van der Waals surface area contributed by atoms with E-state index in [1.54, 1.807) is 12.1 Å². The molecule has 4 rings (SSSR count). The van der Waals surface area contributed by atoms with Crippen LogP contribution in [0, 0.1) is 5.82 Å². The minimum Gasteiger partial charge on any atom is -0.338 e. The molecule has 0 spiro atoms. The van der Waals surface area contributed by atoms with Gasteiger partial charge in [0.25, 0.3) is 0 Å². The molecule has 0 radical (unpaired) electrons. The van der Waals surface area contributed by atoms with Crippen LogP contribution in [-0.2, 0) is 17.7 Å². The highest BCUT2D eigenvalue weighted by molar-refractivity contribution is 7.98. The number of likely N-dealkylation sites (tertiary alicyclic amines) is 1. The van der Waals surface area contributed by atoms with E-state index in [2.05, 4.69) is 25.2 Å². The Labute approximate surface area is 180 Å². The summed E-state index contributed by atoms with van der Waals surface area (Å²) in [4.78, 5) is 6.90. The molecule has 0 saturated carbocycles. The van der Waals surface area contributed by atoms with Crippen molar-refractivity contribution in [1.29, 1.82) is 0 Å². The van der Waals surface area contributed by atoms with E-state index in [1.807, 2.05) is 25.3 Å². The molecule has 0 atom stereocenters. The molecule has 9 heteroatoms. The van der Waals surface area contributed by atoms with Gasteiger partial charge >= 0.3 is 0 Å². The van der Waals surface area contributed by atoms with Gasteiger partial charge in [0.2, 0.25) is 5.89 Å². The van der Waals surface area contributed by atoms with Crippen molar-refractivity contribution in [3.63, 3.8) is 0 Å². The fourth-order valence-corrected chi connectivity index (χ4v) is 4.22. The molecule has 1 saturated heterocycles. The van der Waals surface area contributed by atoms with Crippen LogP contribution in [0.3, 0.4) is 0 Å². The van der Waals surface area contributed by atoms with Gasteiger partial charge in [-0.2, -0.15) is 4.98 Å². The fourth-order valence-electron chi connectivity index (χ4n) is 3.41. The predicted octanol–water partition coefficient (Wildman–Crippen LogP) is 4.37. The fraction of sp³-hybridized carbons (Fsp3) is 0.524. The van der Waals surface area contributed by atoms with Crippen LogP contribution in [0.5, 0.6) is 0 Å². The molecule has 1 aromatic carbocycles. The lowest BCUT2D eigenvalue weighted by Crippen LogP contribution is -2.30. The number of hydrogen-bond donors (Lipinski definition) is 0. The van der Waals surface area contributed by atoms with E-state index in [0.717, 1.165) is 36.3 Å². The van der Waals surface area contributed by atoms with Crippen molar-refractivity contribution in [1.82, 2.24) is 29.8 Å². The third-order valence-electron chi connectivity index (χ3n) is 5.06. The van der Waals surface area contributed by atoms with Gasteiger partial charge in [0.05, 0.1) is 12.3 Å². The molecule has 0 amide bonds. The molecular formula is C21H27FN6OS. The Bertz CT molecular complexity index is 972. The summed E-state index contributed by atoms with van der Waals surface area (Å²) in [6.07, 6.45) is 3.70. The number of nitrogens with zero attached hydrogens (tertiary/aromatic N) is 6. The average molecular weight is 431 g/mol. The van der Waals surface area contributed by atoms with E-state index in [1.165, 1.54) is 43.2 Å². The molecule has 0 aliphatic carbocycles. The maximum Gasteiger partial charge on any atom is 0.237 e. The molecule has 160 valence electrons. The topological polar surface area (TPSA) is 72.9 Å². The molecule has 0 bridgehead atoms. The first-order valence-electron chi connectivity index (χ1n) is 10.3. The lowest BCUT2D eigenvalue weighted by Gasteiger charge is -2.26. The maximum atomic E-state index is 13.5. The lowest BCUT2D eigenvalue weighted by atomic mass is 9.96. The third kappa shape index (κ3) is 4.89. The highest BCUT2D eigenvalue weighted by Crippen LogP contribution is 2.27. The summed E-state index contributed by atoms with van der Waals surface area (Å²) >= 11 is 1.49. The molecule has 3 heterocycles. The van der Waals surface area contributed by atoms with Crippen LogP contribution in [0.2, 0.25) is 0 Å². The van der Waals surface area contributed by atoms with E-state index >= 15 is 0 Å². The van der Waals surface area contributed by atoms with Crippen LogP contribution in [0.4, 0.5) is 4.39 Å². The normalized spacial score (nSPS) is 15.6. The van der Waals surface area contributed by atoms with Crippen molar-refractivity contribution in [3.05, 3.63) is 47.6 Å². The van der Waals surface area contributed by atoms with Gasteiger partial charge in [-0.1, -0.05) is 44.1 Å². The number of aromatic nitrogens is 5. The van der Waals surface area contributed by atoms with Crippen LogP contribution in [0.1, 0.15) is 57.6 Å². The van der Waals surface area contributed by atoms with E-state index in [9.17, 15) is 4.39 Å². The van der Waals surface area contributed by atoms with Crippen LogP contribution < -0.4 is 0 Å². The smallest absolute Gasteiger partial charge is 0.237 e. The Morgan fingerprint density at radius 2 is 1.80 bits per heavy atom. The quantitative estimate of drug-likeness (QED) is 0.538. The third-order valence-corrected chi connectivity index (χ3v) is 5.98. The summed E-state index contributed by atoms with van der Waals surface area (Å²) in [5.41, 5.74) is 0.680. The summed E-state index contributed by atoms with van der Waals surface area (Å²) in [6, 6.07) is 6.43. The van der Waals surface area contributed by atoms with Crippen molar-refractivity contribution in [2.45, 2.75) is 62.9 Å². The van der Waals surface area contributed by atoms with Crippen molar-refractivity contribution in [3.8, 4) is 5.69 Å². The summed E-state index contributed by atoms with van der Waals surface area (Å²) in [5, 5.41) is 13.7. The molecular weight excluding hydrogens is 403 g/mol. The first-order valence-corrected chi connectivity index (χ1v) is 11.3. The zero-order valence-corrected chi connectivity index (χ0v) is 18.5. The Balaban J connectivity index is 1.57. The van der Waals surface area contributed by atoms with E-state index in [-0.39, 0.29) is 11.2 Å². The van der Waals surface area contributed by atoms with E-state index in [0.29, 0.717) is 17.5 Å². The number of thioether (sulfide) groups is 1. The van der Waals surface area contributed by atoms with Gasteiger partial charge in [-0.3, -0.25) is 9.47 Å². The molecule has 7 nitrogen and oxygen atoms in total. The molecule has 0 unspecified atom stereocenters. The second-order valence-corrected chi connectivity index (χ2v) is 9.54. The summed E-state index contributed by atoms with van der Waals surface area (Å²) < 4.78 is 20.9. The van der Waals surface area contributed by atoms with Gasteiger partial charge < -0.3 is 4.52 Å². The summed E-state index contributed by atoms with van der Waals surface area (Å²) in [7, 11) is 0. The summed E-state index contributed by atoms with van der Waals surface area (Å²) in [6.45, 7) is 9.00. The largest absolute Gasteiger partial charge is 0.338 e. The van der Waals surface area contributed by atoms with Gasteiger partial charge in [-0.05, 0) is 50.2 Å². The molecule has 1 aliphatic heterocycles. The van der Waals surface area contributed by atoms with Crippen LogP contribution in [-0.4, -0.2) is 42.9 Å². The molecule has 0 N–H and O–H groups in total. The maximum absolute atomic E-state index is 13.5. The SMILES string of the molecule is CC(C)(C)c1noc(CSc2nnc(CN3CCCCC3)n2-c2ccc(F)cc2)n1. The number of piperidine rings is 1. The number of benzene rings is 1. The molecule has 3 aromatic rings. The molecule has 1 aliphatic rings. The Morgan fingerprint density at radius 1 is 1.07 bits per heavy atom. The van der Waals surface area contributed by atoms with Gasteiger partial charge in [-0.15, -0.1) is 10.2 Å². The van der Waals surface area contributed by atoms with Gasteiger partial charge in [0.1, 0.15) is 5.82 Å². The minimum absolute atomic E-state index is 0.165.